The molecule has 0 spiro atoms. The Labute approximate surface area is 165 Å². The van der Waals surface area contributed by atoms with Crippen molar-refractivity contribution in [2.75, 3.05) is 20.1 Å². The van der Waals surface area contributed by atoms with Crippen LogP contribution in [-0.2, 0) is 13.0 Å². The number of aliphatic imine (C=N–C) groups is 1. The van der Waals surface area contributed by atoms with Crippen molar-refractivity contribution in [1.82, 2.24) is 16.0 Å². The van der Waals surface area contributed by atoms with E-state index in [1.54, 1.807) is 31.3 Å². The van der Waals surface area contributed by atoms with Crippen LogP contribution < -0.4 is 21.7 Å². The van der Waals surface area contributed by atoms with Crippen molar-refractivity contribution < 1.29 is 9.59 Å². The quantitative estimate of drug-likeness (QED) is 0.410. The van der Waals surface area contributed by atoms with E-state index in [2.05, 4.69) is 20.9 Å². The van der Waals surface area contributed by atoms with Crippen LogP contribution in [0.15, 0.2) is 53.5 Å². The van der Waals surface area contributed by atoms with Crippen LogP contribution in [0.1, 0.15) is 38.8 Å². The number of primary amides is 1. The molecule has 7 heteroatoms. The van der Waals surface area contributed by atoms with Gasteiger partial charge in [0.15, 0.2) is 5.96 Å². The highest BCUT2D eigenvalue weighted by molar-refractivity contribution is 5.94. The van der Waals surface area contributed by atoms with Crippen LogP contribution in [0.4, 0.5) is 0 Å². The minimum absolute atomic E-state index is 0.0945. The average Bonchev–Trinajstić information content (AvgIpc) is 2.71. The van der Waals surface area contributed by atoms with Crippen molar-refractivity contribution in [3.63, 3.8) is 0 Å². The first-order chi connectivity index (χ1) is 13.5. The van der Waals surface area contributed by atoms with E-state index in [1.807, 2.05) is 31.2 Å². The van der Waals surface area contributed by atoms with Gasteiger partial charge in [-0.1, -0.05) is 24.3 Å². The van der Waals surface area contributed by atoms with Gasteiger partial charge in [-0.2, -0.15) is 0 Å². The molecule has 148 valence electrons. The molecule has 0 aliphatic rings. The lowest BCUT2D eigenvalue weighted by Crippen LogP contribution is -2.38. The molecular weight excluding hydrogens is 354 g/mol. The predicted octanol–water partition coefficient (Wildman–Crippen LogP) is 1.44. The molecule has 5 N–H and O–H groups in total. The van der Waals surface area contributed by atoms with Gasteiger partial charge in [-0.3, -0.25) is 9.59 Å². The highest BCUT2D eigenvalue weighted by atomic mass is 16.1. The van der Waals surface area contributed by atoms with Gasteiger partial charge in [-0.25, -0.2) is 4.99 Å². The van der Waals surface area contributed by atoms with Gasteiger partial charge in [-0.05, 0) is 48.7 Å². The summed E-state index contributed by atoms with van der Waals surface area (Å²) in [7, 11) is 1.62. The normalized spacial score (nSPS) is 11.0. The average molecular weight is 381 g/mol. The molecule has 7 nitrogen and oxygen atoms in total. The van der Waals surface area contributed by atoms with E-state index in [1.165, 1.54) is 0 Å². The smallest absolute Gasteiger partial charge is 0.251 e. The number of hydrogen-bond donors (Lipinski definition) is 4. The molecule has 2 rings (SSSR count). The molecule has 0 unspecified atom stereocenters. The molecule has 0 saturated heterocycles. The van der Waals surface area contributed by atoms with Crippen molar-refractivity contribution in [2.45, 2.75) is 19.9 Å². The predicted molar refractivity (Wildman–Crippen MR) is 111 cm³/mol. The van der Waals surface area contributed by atoms with E-state index in [0.29, 0.717) is 30.2 Å². The number of benzene rings is 2. The number of guanidine groups is 1. The Balaban J connectivity index is 1.95. The molecule has 0 saturated carbocycles. The Morgan fingerprint density at radius 3 is 2.36 bits per heavy atom. The van der Waals surface area contributed by atoms with Crippen LogP contribution in [0, 0.1) is 0 Å². The first-order valence-corrected chi connectivity index (χ1v) is 9.25. The van der Waals surface area contributed by atoms with Gasteiger partial charge in [0.1, 0.15) is 0 Å². The van der Waals surface area contributed by atoms with Gasteiger partial charge in [0.25, 0.3) is 5.91 Å². The SMILES string of the molecule is CCNC(=NCc1cccc(C(N)=O)c1)NCCc1cccc(C(=O)NC)c1. The molecule has 0 bridgehead atoms. The Kier molecular flexibility index (Phi) is 8.02. The van der Waals surface area contributed by atoms with E-state index in [-0.39, 0.29) is 5.91 Å². The highest BCUT2D eigenvalue weighted by Gasteiger charge is 2.05. The number of rotatable bonds is 8. The lowest BCUT2D eigenvalue weighted by molar-refractivity contribution is 0.0961. The second-order valence-corrected chi connectivity index (χ2v) is 6.22. The van der Waals surface area contributed by atoms with Crippen LogP contribution in [0.3, 0.4) is 0 Å². The Morgan fingerprint density at radius 2 is 1.68 bits per heavy atom. The van der Waals surface area contributed by atoms with E-state index in [9.17, 15) is 9.59 Å². The van der Waals surface area contributed by atoms with E-state index < -0.39 is 5.91 Å². The second kappa shape index (κ2) is 10.7. The molecular formula is C21H27N5O2. The van der Waals surface area contributed by atoms with E-state index >= 15 is 0 Å². The van der Waals surface area contributed by atoms with Crippen molar-refractivity contribution in [2.24, 2.45) is 10.7 Å². The van der Waals surface area contributed by atoms with Crippen molar-refractivity contribution in [3.8, 4) is 0 Å². The molecule has 2 aromatic rings. The second-order valence-electron chi connectivity index (χ2n) is 6.22. The maximum absolute atomic E-state index is 11.7. The van der Waals surface area contributed by atoms with Gasteiger partial charge < -0.3 is 21.7 Å². The Bertz CT molecular complexity index is 848. The van der Waals surface area contributed by atoms with E-state index in [4.69, 9.17) is 5.73 Å². The van der Waals surface area contributed by atoms with E-state index in [0.717, 1.165) is 24.1 Å². The lowest BCUT2D eigenvalue weighted by Gasteiger charge is -2.12. The van der Waals surface area contributed by atoms with Gasteiger partial charge in [0, 0.05) is 31.3 Å². The number of nitrogens with one attached hydrogen (secondary N) is 3. The van der Waals surface area contributed by atoms with Crippen LogP contribution in [0.5, 0.6) is 0 Å². The zero-order chi connectivity index (χ0) is 20.4. The summed E-state index contributed by atoms with van der Waals surface area (Å²) in [5, 5.41) is 9.11. The third-order valence-corrected chi connectivity index (χ3v) is 4.10. The van der Waals surface area contributed by atoms with Gasteiger partial charge in [0.2, 0.25) is 5.91 Å². The standard InChI is InChI=1S/C21H27N5O2/c1-3-24-21(26-14-16-7-5-8-17(13-16)19(22)27)25-11-10-15-6-4-9-18(12-15)20(28)23-2/h4-9,12-13H,3,10-11,14H2,1-2H3,(H2,22,27)(H,23,28)(H2,24,25,26). The van der Waals surface area contributed by atoms with Gasteiger partial charge in [0.05, 0.1) is 6.54 Å². The van der Waals surface area contributed by atoms with Gasteiger partial charge >= 0.3 is 0 Å². The summed E-state index contributed by atoms with van der Waals surface area (Å²) in [6.45, 7) is 3.84. The summed E-state index contributed by atoms with van der Waals surface area (Å²) >= 11 is 0. The van der Waals surface area contributed by atoms with Crippen LogP contribution in [0.2, 0.25) is 0 Å². The third-order valence-electron chi connectivity index (χ3n) is 4.10. The summed E-state index contributed by atoms with van der Waals surface area (Å²) in [5.74, 6) is 0.146. The minimum Gasteiger partial charge on any atom is -0.366 e. The maximum Gasteiger partial charge on any atom is 0.251 e. The van der Waals surface area contributed by atoms with Crippen LogP contribution >= 0.6 is 0 Å². The van der Waals surface area contributed by atoms with Gasteiger partial charge in [-0.15, -0.1) is 0 Å². The molecule has 0 atom stereocenters. The molecule has 0 aliphatic heterocycles. The van der Waals surface area contributed by atoms with Crippen LogP contribution in [-0.4, -0.2) is 37.9 Å². The number of amides is 2. The summed E-state index contributed by atoms with van der Waals surface area (Å²) in [6, 6.07) is 14.7. The highest BCUT2D eigenvalue weighted by Crippen LogP contribution is 2.07. The number of nitrogens with zero attached hydrogens (tertiary/aromatic N) is 1. The topological polar surface area (TPSA) is 109 Å². The monoisotopic (exact) mass is 381 g/mol. The zero-order valence-electron chi connectivity index (χ0n) is 16.3. The first kappa shape index (κ1) is 21.0. The van der Waals surface area contributed by atoms with Crippen molar-refractivity contribution in [1.29, 1.82) is 0 Å². The molecule has 0 heterocycles. The maximum atomic E-state index is 11.7. The summed E-state index contributed by atoms with van der Waals surface area (Å²) in [5.41, 5.74) is 8.42. The van der Waals surface area contributed by atoms with Crippen molar-refractivity contribution >= 4 is 17.8 Å². The Hall–Kier alpha value is -3.35. The first-order valence-electron chi connectivity index (χ1n) is 9.25. The van der Waals surface area contributed by atoms with Crippen LogP contribution in [0.25, 0.3) is 0 Å². The fourth-order valence-electron chi connectivity index (χ4n) is 2.67. The zero-order valence-corrected chi connectivity index (χ0v) is 16.3. The number of carbonyl (C=O) groups is 2. The summed E-state index contributed by atoms with van der Waals surface area (Å²) in [6.07, 6.45) is 0.756. The molecule has 28 heavy (non-hydrogen) atoms. The molecule has 2 amide bonds. The summed E-state index contributed by atoms with van der Waals surface area (Å²) in [4.78, 5) is 27.6. The lowest BCUT2D eigenvalue weighted by atomic mass is 10.1. The molecule has 0 aromatic heterocycles. The fourth-order valence-corrected chi connectivity index (χ4v) is 2.67. The largest absolute Gasteiger partial charge is 0.366 e. The van der Waals surface area contributed by atoms with Crippen molar-refractivity contribution in [3.05, 3.63) is 70.8 Å². The number of carbonyl (C=O) groups excluding carboxylic acids is 2. The number of hydrogen-bond acceptors (Lipinski definition) is 3. The molecule has 0 aliphatic carbocycles. The minimum atomic E-state index is -0.449. The number of nitrogens with two attached hydrogens (primary N) is 1. The fraction of sp³-hybridized carbons (Fsp3) is 0.286. The molecule has 2 aromatic carbocycles. The molecule has 0 radical (unpaired) electrons. The molecule has 0 fully saturated rings. The Morgan fingerprint density at radius 1 is 1.00 bits per heavy atom. The summed E-state index contributed by atoms with van der Waals surface area (Å²) < 4.78 is 0. The third kappa shape index (κ3) is 6.42.